The summed E-state index contributed by atoms with van der Waals surface area (Å²) in [4.78, 5) is 4.12. The van der Waals surface area contributed by atoms with Crippen LogP contribution in [0.25, 0.3) is 0 Å². The van der Waals surface area contributed by atoms with Crippen LogP contribution in [0.4, 0.5) is 0 Å². The number of aliphatic hydroxyl groups is 1. The Morgan fingerprint density at radius 1 is 1.30 bits per heavy atom. The maximum absolute atomic E-state index is 9.19. The van der Waals surface area contributed by atoms with Crippen molar-refractivity contribution in [3.05, 3.63) is 23.5 Å². The molecule has 0 aromatic carbocycles. The average molecular weight is 274 g/mol. The molecule has 0 spiro atoms. The summed E-state index contributed by atoms with van der Waals surface area (Å²) >= 11 is 0. The summed E-state index contributed by atoms with van der Waals surface area (Å²) in [7, 11) is -0.610. The van der Waals surface area contributed by atoms with Gasteiger partial charge in [-0.3, -0.25) is 0 Å². The smallest absolute Gasteiger partial charge is 0.399 e. The summed E-state index contributed by atoms with van der Waals surface area (Å²) in [6, 6.07) is 3.89. The topological polar surface area (TPSA) is 75.4 Å². The van der Waals surface area contributed by atoms with E-state index in [1.165, 1.54) is 0 Å². The third-order valence-electron chi connectivity index (χ3n) is 3.99. The maximum Gasteiger partial charge on any atom is 0.497 e. The van der Waals surface area contributed by atoms with E-state index in [2.05, 4.69) is 11.1 Å². The number of aliphatic hydroxyl groups excluding tert-OH is 1. The monoisotopic (exact) mass is 274 g/mol. The highest BCUT2D eigenvalue weighted by molar-refractivity contribution is 6.62. The molecule has 2 rings (SSSR count). The minimum Gasteiger partial charge on any atom is -0.399 e. The van der Waals surface area contributed by atoms with Gasteiger partial charge < -0.3 is 14.4 Å². The van der Waals surface area contributed by atoms with E-state index in [1.807, 2.05) is 33.8 Å². The summed E-state index contributed by atoms with van der Waals surface area (Å²) in [6.07, 6.45) is 2.09. The van der Waals surface area contributed by atoms with Crippen molar-refractivity contribution in [1.82, 2.24) is 4.98 Å². The normalized spacial score (nSPS) is 19.9. The number of rotatable bonds is 3. The molecule has 1 aliphatic rings. The zero-order valence-corrected chi connectivity index (χ0v) is 12.3. The molecule has 2 heterocycles. The molecule has 1 aromatic rings. The second-order valence-electron chi connectivity index (χ2n) is 5.96. The Labute approximate surface area is 119 Å². The summed E-state index contributed by atoms with van der Waals surface area (Å²) < 4.78 is 11.9. The van der Waals surface area contributed by atoms with E-state index in [9.17, 15) is 5.26 Å². The van der Waals surface area contributed by atoms with Crippen molar-refractivity contribution in [2.75, 3.05) is 6.61 Å². The van der Waals surface area contributed by atoms with Crippen LogP contribution in [0, 0.1) is 11.3 Å². The molecular formula is C14H19BN2O3. The summed E-state index contributed by atoms with van der Waals surface area (Å²) in [6.45, 7) is 7.89. The van der Waals surface area contributed by atoms with Crippen LogP contribution in [0.2, 0.25) is 0 Å². The van der Waals surface area contributed by atoms with E-state index in [-0.39, 0.29) is 6.61 Å². The molecule has 1 fully saturated rings. The van der Waals surface area contributed by atoms with E-state index in [0.29, 0.717) is 17.6 Å². The maximum atomic E-state index is 9.19. The molecule has 0 atom stereocenters. The Hall–Kier alpha value is -1.42. The van der Waals surface area contributed by atoms with Gasteiger partial charge in [0, 0.05) is 18.3 Å². The first-order valence-corrected chi connectivity index (χ1v) is 6.66. The molecule has 5 nitrogen and oxygen atoms in total. The van der Waals surface area contributed by atoms with E-state index in [1.54, 1.807) is 6.20 Å². The third kappa shape index (κ3) is 2.57. The van der Waals surface area contributed by atoms with Gasteiger partial charge in [0.1, 0.15) is 11.8 Å². The molecular weight excluding hydrogens is 255 g/mol. The second kappa shape index (κ2) is 5.17. The van der Waals surface area contributed by atoms with Crippen molar-refractivity contribution < 1.29 is 14.4 Å². The highest BCUT2D eigenvalue weighted by atomic mass is 16.7. The first kappa shape index (κ1) is 15.0. The fourth-order valence-electron chi connectivity index (χ4n) is 2.04. The molecule has 1 saturated heterocycles. The lowest BCUT2D eigenvalue weighted by Crippen LogP contribution is -2.41. The van der Waals surface area contributed by atoms with Crippen molar-refractivity contribution in [3.8, 4) is 6.07 Å². The van der Waals surface area contributed by atoms with Crippen molar-refractivity contribution in [2.24, 2.45) is 0 Å². The first-order valence-electron chi connectivity index (χ1n) is 6.66. The number of nitriles is 1. The molecule has 0 bridgehead atoms. The average Bonchev–Trinajstić information content (AvgIpc) is 2.59. The van der Waals surface area contributed by atoms with Crippen LogP contribution in [-0.2, 0) is 15.7 Å². The summed E-state index contributed by atoms with van der Waals surface area (Å²) in [5, 5.41) is 18.2. The van der Waals surface area contributed by atoms with Crippen molar-refractivity contribution in [1.29, 1.82) is 5.26 Å². The lowest BCUT2D eigenvalue weighted by Gasteiger charge is -2.32. The molecule has 6 heteroatoms. The van der Waals surface area contributed by atoms with E-state index < -0.39 is 18.3 Å². The molecule has 1 N–H and O–H groups in total. The van der Waals surface area contributed by atoms with Gasteiger partial charge in [-0.25, -0.2) is 4.98 Å². The Bertz CT molecular complexity index is 536. The van der Waals surface area contributed by atoms with Crippen molar-refractivity contribution in [2.45, 2.75) is 45.3 Å². The fourth-order valence-corrected chi connectivity index (χ4v) is 2.04. The molecule has 1 aliphatic heterocycles. The zero-order valence-electron chi connectivity index (χ0n) is 12.3. The summed E-state index contributed by atoms with van der Waals surface area (Å²) in [5.41, 5.74) is 0.855. The predicted octanol–water partition coefficient (Wildman–Crippen LogP) is 0.787. The first-order chi connectivity index (χ1) is 9.30. The molecule has 0 saturated carbocycles. The Morgan fingerprint density at radius 3 is 2.40 bits per heavy atom. The number of nitrogens with zero attached hydrogens (tertiary/aromatic N) is 2. The highest BCUT2D eigenvalue weighted by Crippen LogP contribution is 2.36. The highest BCUT2D eigenvalue weighted by Gasteiger charge is 2.52. The number of hydrogen-bond donors (Lipinski definition) is 1. The van der Waals surface area contributed by atoms with Gasteiger partial charge in [0.2, 0.25) is 0 Å². The van der Waals surface area contributed by atoms with Crippen LogP contribution >= 0.6 is 0 Å². The fraction of sp³-hybridized carbons (Fsp3) is 0.571. The minimum atomic E-state index is -0.610. The van der Waals surface area contributed by atoms with Gasteiger partial charge in [-0.05, 0) is 39.7 Å². The van der Waals surface area contributed by atoms with E-state index >= 15 is 0 Å². The van der Waals surface area contributed by atoms with Crippen molar-refractivity contribution in [3.63, 3.8) is 0 Å². The zero-order chi connectivity index (χ0) is 15.0. The van der Waals surface area contributed by atoms with E-state index in [4.69, 9.17) is 14.4 Å². The van der Waals surface area contributed by atoms with Gasteiger partial charge in [0.05, 0.1) is 11.2 Å². The van der Waals surface area contributed by atoms with Crippen LogP contribution in [0.1, 0.15) is 39.0 Å². The van der Waals surface area contributed by atoms with Gasteiger partial charge in [0.25, 0.3) is 0 Å². The van der Waals surface area contributed by atoms with E-state index in [0.717, 1.165) is 5.56 Å². The Morgan fingerprint density at radius 2 is 1.90 bits per heavy atom. The molecule has 20 heavy (non-hydrogen) atoms. The lowest BCUT2D eigenvalue weighted by molar-refractivity contribution is 0.00578. The van der Waals surface area contributed by atoms with Crippen molar-refractivity contribution >= 4 is 12.6 Å². The molecule has 0 unspecified atom stereocenters. The van der Waals surface area contributed by atoms with Gasteiger partial charge >= 0.3 is 7.12 Å². The number of hydrogen-bond acceptors (Lipinski definition) is 5. The van der Waals surface area contributed by atoms with Gasteiger partial charge in [0.15, 0.2) is 0 Å². The lowest BCUT2D eigenvalue weighted by atomic mass is 9.77. The number of aromatic nitrogens is 1. The van der Waals surface area contributed by atoms with Crippen LogP contribution in [-0.4, -0.2) is 35.0 Å². The minimum absolute atomic E-state index is 0.0381. The number of pyridine rings is 1. The predicted molar refractivity (Wildman–Crippen MR) is 75.5 cm³/mol. The quantitative estimate of drug-likeness (QED) is 0.825. The molecule has 0 radical (unpaired) electrons. The van der Waals surface area contributed by atoms with Gasteiger partial charge in [-0.1, -0.05) is 6.07 Å². The Balaban J connectivity index is 2.38. The standard InChI is InChI=1S/C14H19BN2O3/c1-13(2)14(3,4)20-15(19-13)11-7-10(5-6-18)9-17-12(11)8-16/h7,9,18H,5-6H2,1-4H3. The van der Waals surface area contributed by atoms with Crippen LogP contribution < -0.4 is 5.46 Å². The SMILES string of the molecule is CC1(C)OB(c2cc(CCO)cnc2C#N)OC1(C)C. The van der Waals surface area contributed by atoms with Crippen LogP contribution in [0.15, 0.2) is 12.3 Å². The van der Waals surface area contributed by atoms with Crippen LogP contribution in [0.3, 0.4) is 0 Å². The third-order valence-corrected chi connectivity index (χ3v) is 3.99. The van der Waals surface area contributed by atoms with Crippen LogP contribution in [0.5, 0.6) is 0 Å². The second-order valence-corrected chi connectivity index (χ2v) is 5.96. The largest absolute Gasteiger partial charge is 0.497 e. The molecule has 1 aromatic heterocycles. The van der Waals surface area contributed by atoms with Gasteiger partial charge in [-0.15, -0.1) is 0 Å². The summed E-state index contributed by atoms with van der Waals surface area (Å²) in [5.74, 6) is 0. The Kier molecular flexibility index (Phi) is 3.87. The molecule has 0 amide bonds. The molecule has 0 aliphatic carbocycles. The van der Waals surface area contributed by atoms with Gasteiger partial charge in [-0.2, -0.15) is 5.26 Å². The molecule has 106 valence electrons.